The topological polar surface area (TPSA) is 79.9 Å². The Labute approximate surface area is 190 Å². The van der Waals surface area contributed by atoms with Crippen LogP contribution in [-0.4, -0.2) is 50.7 Å². The quantitative estimate of drug-likeness (QED) is 0.692. The minimum atomic E-state index is -0.297. The van der Waals surface area contributed by atoms with Gasteiger partial charge in [-0.3, -0.25) is 4.79 Å². The third-order valence-corrected chi connectivity index (χ3v) is 5.86. The van der Waals surface area contributed by atoms with Crippen LogP contribution in [0.25, 0.3) is 0 Å². The van der Waals surface area contributed by atoms with E-state index in [4.69, 9.17) is 9.47 Å². The Morgan fingerprint density at radius 3 is 2.50 bits per heavy atom. The van der Waals surface area contributed by atoms with Gasteiger partial charge < -0.3 is 25.0 Å². The van der Waals surface area contributed by atoms with Gasteiger partial charge in [0.2, 0.25) is 5.91 Å². The first-order valence-corrected chi connectivity index (χ1v) is 11.0. The number of methoxy groups -OCH3 is 2. The number of hydrogen-bond donors (Lipinski definition) is 2. The Morgan fingerprint density at radius 2 is 1.81 bits per heavy atom. The average Bonchev–Trinajstić information content (AvgIpc) is 2.82. The number of rotatable bonds is 7. The minimum Gasteiger partial charge on any atom is -0.493 e. The fourth-order valence-corrected chi connectivity index (χ4v) is 4.22. The number of ether oxygens (including phenoxy) is 2. The lowest BCUT2D eigenvalue weighted by molar-refractivity contribution is -0.126. The second kappa shape index (κ2) is 10.9. The number of aryl methyl sites for hydroxylation is 1. The molecule has 3 rings (SSSR count). The second-order valence-electron chi connectivity index (χ2n) is 8.19. The lowest BCUT2D eigenvalue weighted by atomic mass is 9.84. The first-order chi connectivity index (χ1) is 15.4. The summed E-state index contributed by atoms with van der Waals surface area (Å²) in [6, 6.07) is 13.7. The summed E-state index contributed by atoms with van der Waals surface area (Å²) in [4.78, 5) is 27.4. The zero-order valence-electron chi connectivity index (χ0n) is 19.3. The maximum Gasteiger partial charge on any atom is 0.317 e. The second-order valence-corrected chi connectivity index (χ2v) is 8.19. The zero-order chi connectivity index (χ0) is 23.1. The number of hydrogen-bond acceptors (Lipinski definition) is 4. The number of likely N-dealkylation sites (tertiary alicyclic amines) is 1. The number of piperidine rings is 1. The number of urea groups is 1. The number of amides is 3. The summed E-state index contributed by atoms with van der Waals surface area (Å²) in [5.74, 6) is 0.974. The van der Waals surface area contributed by atoms with Gasteiger partial charge in [0, 0.05) is 32.1 Å². The third-order valence-electron chi connectivity index (χ3n) is 5.86. The lowest BCUT2D eigenvalue weighted by Crippen LogP contribution is -2.51. The molecule has 1 fully saturated rings. The van der Waals surface area contributed by atoms with Gasteiger partial charge in [-0.25, -0.2) is 4.79 Å². The Bertz CT molecular complexity index is 947. The van der Waals surface area contributed by atoms with Gasteiger partial charge in [-0.1, -0.05) is 35.9 Å². The normalized spacial score (nSPS) is 18.1. The molecule has 172 valence electrons. The molecule has 0 saturated carbocycles. The highest BCUT2D eigenvalue weighted by molar-refractivity contribution is 5.81. The molecule has 7 nitrogen and oxygen atoms in total. The molecule has 1 heterocycles. The summed E-state index contributed by atoms with van der Waals surface area (Å²) in [6.45, 7) is 5.88. The van der Waals surface area contributed by atoms with Crippen molar-refractivity contribution in [3.8, 4) is 11.5 Å². The zero-order valence-corrected chi connectivity index (χ0v) is 19.3. The largest absolute Gasteiger partial charge is 0.493 e. The van der Waals surface area contributed by atoms with Gasteiger partial charge in [0.1, 0.15) is 0 Å². The molecule has 0 radical (unpaired) electrons. The standard InChI is InChI=1S/C25H33N3O4/c1-5-26-25(30)28-15-20(19-9-10-22(31-3)23(13-19)32-4)12-21(16-28)24(29)27-14-18-8-6-7-17(2)11-18/h6-11,13,20-21H,5,12,14-16H2,1-4H3,(H,26,30)(H,27,29)/t20-,21+/m1/s1. The van der Waals surface area contributed by atoms with Crippen LogP contribution in [0.5, 0.6) is 11.5 Å². The van der Waals surface area contributed by atoms with Gasteiger partial charge in [0.05, 0.1) is 20.1 Å². The molecule has 2 aromatic rings. The van der Waals surface area contributed by atoms with Crippen LogP contribution in [0, 0.1) is 12.8 Å². The summed E-state index contributed by atoms with van der Waals surface area (Å²) < 4.78 is 10.8. The first kappa shape index (κ1) is 23.4. The van der Waals surface area contributed by atoms with E-state index >= 15 is 0 Å². The Hall–Kier alpha value is -3.22. The van der Waals surface area contributed by atoms with E-state index in [1.807, 2.05) is 50.2 Å². The summed E-state index contributed by atoms with van der Waals surface area (Å²) in [5, 5.41) is 5.92. The highest BCUT2D eigenvalue weighted by Crippen LogP contribution is 2.35. The van der Waals surface area contributed by atoms with Gasteiger partial charge >= 0.3 is 6.03 Å². The molecule has 2 aromatic carbocycles. The molecular weight excluding hydrogens is 406 g/mol. The van der Waals surface area contributed by atoms with Crippen LogP contribution in [0.1, 0.15) is 36.0 Å². The van der Waals surface area contributed by atoms with Crippen molar-refractivity contribution in [3.63, 3.8) is 0 Å². The molecule has 1 saturated heterocycles. The van der Waals surface area contributed by atoms with Crippen molar-refractivity contribution >= 4 is 11.9 Å². The fraction of sp³-hybridized carbons (Fsp3) is 0.440. The number of nitrogens with one attached hydrogen (secondary N) is 2. The van der Waals surface area contributed by atoms with E-state index in [1.165, 1.54) is 0 Å². The van der Waals surface area contributed by atoms with Crippen LogP contribution in [0.3, 0.4) is 0 Å². The maximum absolute atomic E-state index is 13.1. The molecule has 0 aliphatic carbocycles. The van der Waals surface area contributed by atoms with E-state index in [0.717, 1.165) is 16.7 Å². The molecule has 32 heavy (non-hydrogen) atoms. The van der Waals surface area contributed by atoms with Crippen LogP contribution in [0.15, 0.2) is 42.5 Å². The molecule has 2 N–H and O–H groups in total. The average molecular weight is 440 g/mol. The first-order valence-electron chi connectivity index (χ1n) is 11.0. The lowest BCUT2D eigenvalue weighted by Gasteiger charge is -2.37. The molecule has 0 bridgehead atoms. The number of carbonyl (C=O) groups is 2. The molecule has 3 amide bonds. The van der Waals surface area contributed by atoms with E-state index < -0.39 is 0 Å². The number of carbonyl (C=O) groups excluding carboxylic acids is 2. The monoisotopic (exact) mass is 439 g/mol. The molecule has 2 atom stereocenters. The van der Waals surface area contributed by atoms with E-state index in [0.29, 0.717) is 44.1 Å². The van der Waals surface area contributed by atoms with Gasteiger partial charge in [0.25, 0.3) is 0 Å². The molecule has 1 aliphatic rings. The number of nitrogens with zero attached hydrogens (tertiary/aromatic N) is 1. The Morgan fingerprint density at radius 1 is 1.03 bits per heavy atom. The van der Waals surface area contributed by atoms with Crippen molar-refractivity contribution in [2.24, 2.45) is 5.92 Å². The summed E-state index contributed by atoms with van der Waals surface area (Å²) in [5.41, 5.74) is 3.24. The van der Waals surface area contributed by atoms with Crippen molar-refractivity contribution in [1.29, 1.82) is 0 Å². The SMILES string of the molecule is CCNC(=O)N1C[C@@H](C(=O)NCc2cccc(C)c2)C[C@@H](c2ccc(OC)c(OC)c2)C1. The Balaban J connectivity index is 1.77. The fourth-order valence-electron chi connectivity index (χ4n) is 4.22. The van der Waals surface area contributed by atoms with Crippen molar-refractivity contribution in [1.82, 2.24) is 15.5 Å². The van der Waals surface area contributed by atoms with Crippen molar-refractivity contribution in [3.05, 3.63) is 59.2 Å². The summed E-state index contributed by atoms with van der Waals surface area (Å²) in [6.07, 6.45) is 0.658. The van der Waals surface area contributed by atoms with Gasteiger partial charge in [0.15, 0.2) is 11.5 Å². The minimum absolute atomic E-state index is 0.0147. The number of benzene rings is 2. The maximum atomic E-state index is 13.1. The predicted molar refractivity (Wildman–Crippen MR) is 124 cm³/mol. The molecule has 0 unspecified atom stereocenters. The van der Waals surface area contributed by atoms with Crippen molar-refractivity contribution in [2.45, 2.75) is 32.7 Å². The van der Waals surface area contributed by atoms with Crippen LogP contribution in [0.4, 0.5) is 4.79 Å². The van der Waals surface area contributed by atoms with E-state index in [-0.39, 0.29) is 23.8 Å². The van der Waals surface area contributed by atoms with Gasteiger partial charge in [-0.2, -0.15) is 0 Å². The highest BCUT2D eigenvalue weighted by atomic mass is 16.5. The van der Waals surface area contributed by atoms with Crippen molar-refractivity contribution < 1.29 is 19.1 Å². The van der Waals surface area contributed by atoms with Gasteiger partial charge in [-0.05, 0) is 43.5 Å². The molecule has 1 aliphatic heterocycles. The van der Waals surface area contributed by atoms with E-state index in [1.54, 1.807) is 19.1 Å². The van der Waals surface area contributed by atoms with Gasteiger partial charge in [-0.15, -0.1) is 0 Å². The Kier molecular flexibility index (Phi) is 7.98. The predicted octanol–water partition coefficient (Wildman–Crippen LogP) is 3.46. The van der Waals surface area contributed by atoms with E-state index in [2.05, 4.69) is 16.7 Å². The summed E-state index contributed by atoms with van der Waals surface area (Å²) >= 11 is 0. The van der Waals surface area contributed by atoms with Crippen LogP contribution in [-0.2, 0) is 11.3 Å². The molecular formula is C25H33N3O4. The van der Waals surface area contributed by atoms with Crippen LogP contribution < -0.4 is 20.1 Å². The van der Waals surface area contributed by atoms with Crippen molar-refractivity contribution in [2.75, 3.05) is 33.9 Å². The summed E-state index contributed by atoms with van der Waals surface area (Å²) in [7, 11) is 3.20. The van der Waals surface area contributed by atoms with Crippen LogP contribution >= 0.6 is 0 Å². The smallest absolute Gasteiger partial charge is 0.317 e. The molecule has 0 spiro atoms. The van der Waals surface area contributed by atoms with E-state index in [9.17, 15) is 9.59 Å². The van der Waals surface area contributed by atoms with Crippen LogP contribution in [0.2, 0.25) is 0 Å². The molecule has 7 heteroatoms. The highest BCUT2D eigenvalue weighted by Gasteiger charge is 2.34. The third kappa shape index (κ3) is 5.72. The molecule has 0 aromatic heterocycles.